The van der Waals surface area contributed by atoms with E-state index in [2.05, 4.69) is 179 Å². The van der Waals surface area contributed by atoms with Crippen molar-refractivity contribution in [3.63, 3.8) is 0 Å². The maximum atomic E-state index is 6.83. The normalized spacial score (nSPS) is 15.7. The molecule has 0 N–H and O–H groups in total. The van der Waals surface area contributed by atoms with Crippen molar-refractivity contribution in [2.45, 2.75) is 67.0 Å². The number of aryl methyl sites for hydroxylation is 5. The molecule has 0 spiro atoms. The fraction of sp³-hybridized carbons (Fsp3) is 0.222. The molecule has 0 saturated heterocycles. The van der Waals surface area contributed by atoms with Crippen LogP contribution in [0.15, 0.2) is 116 Å². The van der Waals surface area contributed by atoms with E-state index in [-0.39, 0.29) is 11.6 Å². The minimum Gasteiger partial charge on any atom is -0.457 e. The van der Waals surface area contributed by atoms with Gasteiger partial charge in [-0.3, -0.25) is 4.57 Å². The van der Waals surface area contributed by atoms with Crippen molar-refractivity contribution in [2.24, 2.45) is 0 Å². The lowest BCUT2D eigenvalue weighted by Gasteiger charge is -2.33. The number of benzene rings is 4. The van der Waals surface area contributed by atoms with Crippen LogP contribution in [0.2, 0.25) is 0 Å². The summed E-state index contributed by atoms with van der Waals surface area (Å²) in [5, 5.41) is 2.37. The first-order valence-corrected chi connectivity index (χ1v) is 17.5. The summed E-state index contributed by atoms with van der Waals surface area (Å²) < 4.78 is 9.10. The number of nitrogens with zero attached hydrogens (tertiary/aromatic N) is 4. The zero-order chi connectivity index (χ0) is 34.9. The van der Waals surface area contributed by atoms with Gasteiger partial charge in [0.15, 0.2) is 0 Å². The molecule has 0 bridgehead atoms. The molecule has 4 heterocycles. The molecule has 0 saturated carbocycles. The molecule has 5 nitrogen and oxygen atoms in total. The van der Waals surface area contributed by atoms with Crippen LogP contribution in [0.3, 0.4) is 0 Å². The summed E-state index contributed by atoms with van der Waals surface area (Å²) in [7, 11) is 0. The molecule has 5 heteroatoms. The average Bonchev–Trinajstić information content (AvgIpc) is 3.60. The fourth-order valence-corrected chi connectivity index (χ4v) is 7.77. The molecule has 0 aliphatic carbocycles. The van der Waals surface area contributed by atoms with Crippen molar-refractivity contribution >= 4 is 33.2 Å². The van der Waals surface area contributed by atoms with Crippen LogP contribution in [0, 0.1) is 34.6 Å². The maximum Gasteiger partial charge on any atom is 0.140 e. The third-order valence-electron chi connectivity index (χ3n) is 9.99. The van der Waals surface area contributed by atoms with Gasteiger partial charge >= 0.3 is 0 Å². The van der Waals surface area contributed by atoms with E-state index in [0.717, 1.165) is 50.7 Å². The Kier molecular flexibility index (Phi) is 7.48. The van der Waals surface area contributed by atoms with Gasteiger partial charge in [-0.2, -0.15) is 0 Å². The van der Waals surface area contributed by atoms with Crippen LogP contribution < -0.4 is 9.64 Å². The second-order valence-corrected chi connectivity index (χ2v) is 15.0. The maximum absolute atomic E-state index is 6.83. The number of pyridine rings is 1. The predicted octanol–water partition coefficient (Wildman–Crippen LogP) is 11.3. The van der Waals surface area contributed by atoms with E-state index >= 15 is 0 Å². The van der Waals surface area contributed by atoms with Gasteiger partial charge < -0.3 is 14.5 Å². The zero-order valence-corrected chi connectivity index (χ0v) is 30.2. The van der Waals surface area contributed by atoms with Gasteiger partial charge in [0.1, 0.15) is 23.5 Å². The first kappa shape index (κ1) is 31.7. The molecule has 6 aromatic rings. The summed E-state index contributed by atoms with van der Waals surface area (Å²) >= 11 is 0. The molecular weight excluding hydrogens is 613 g/mol. The van der Waals surface area contributed by atoms with Crippen molar-refractivity contribution in [1.29, 1.82) is 0 Å². The zero-order valence-electron chi connectivity index (χ0n) is 30.2. The highest BCUT2D eigenvalue weighted by Crippen LogP contribution is 2.42. The molecule has 0 radical (unpaired) electrons. The van der Waals surface area contributed by atoms with Crippen molar-refractivity contribution in [1.82, 2.24) is 14.5 Å². The van der Waals surface area contributed by atoms with Crippen molar-refractivity contribution < 1.29 is 4.74 Å². The number of hydrogen-bond donors (Lipinski definition) is 0. The molecule has 2 aliphatic heterocycles. The van der Waals surface area contributed by atoms with Gasteiger partial charge in [0.2, 0.25) is 0 Å². The van der Waals surface area contributed by atoms with Crippen molar-refractivity contribution in [2.75, 3.05) is 4.90 Å². The Labute approximate surface area is 295 Å². The molecule has 4 aromatic carbocycles. The Balaban J connectivity index is 1.25. The fourth-order valence-electron chi connectivity index (χ4n) is 7.77. The molecule has 1 unspecified atom stereocenters. The molecule has 0 amide bonds. The Hall–Kier alpha value is -5.55. The summed E-state index contributed by atoms with van der Waals surface area (Å²) in [4.78, 5) is 9.68. The summed E-state index contributed by atoms with van der Waals surface area (Å²) in [6.07, 6.45) is 13.0. The van der Waals surface area contributed by atoms with Crippen LogP contribution >= 0.6 is 0 Å². The molecule has 8 rings (SSSR count). The van der Waals surface area contributed by atoms with Gasteiger partial charge in [-0.15, -0.1) is 0 Å². The number of rotatable bonds is 5. The van der Waals surface area contributed by atoms with Crippen LogP contribution in [0.4, 0.5) is 5.69 Å². The van der Waals surface area contributed by atoms with Crippen molar-refractivity contribution in [3.8, 4) is 17.3 Å². The lowest BCUT2D eigenvalue weighted by Crippen LogP contribution is -2.36. The number of ether oxygens (including phenoxy) is 1. The number of allylic oxidation sites excluding steroid dienone is 2. The summed E-state index contributed by atoms with van der Waals surface area (Å²) in [6, 6.07) is 28.4. The van der Waals surface area contributed by atoms with E-state index in [4.69, 9.17) is 9.72 Å². The Morgan fingerprint density at radius 1 is 0.680 bits per heavy atom. The number of hydrogen-bond acceptors (Lipinski definition) is 4. The number of fused-ring (bicyclic) bond motifs is 4. The second-order valence-electron chi connectivity index (χ2n) is 15.0. The van der Waals surface area contributed by atoms with Crippen molar-refractivity contribution in [3.05, 3.63) is 155 Å². The third-order valence-corrected chi connectivity index (χ3v) is 9.99. The Morgan fingerprint density at radius 3 is 2.18 bits per heavy atom. The van der Waals surface area contributed by atoms with E-state index in [0.29, 0.717) is 0 Å². The van der Waals surface area contributed by atoms with Gasteiger partial charge in [0.25, 0.3) is 0 Å². The van der Waals surface area contributed by atoms with Gasteiger partial charge in [-0.1, -0.05) is 68.8 Å². The Morgan fingerprint density at radius 2 is 1.42 bits per heavy atom. The van der Waals surface area contributed by atoms with Crippen LogP contribution in [-0.2, 0) is 5.41 Å². The SMILES string of the molecule is Cc1cnc(-n2c3ccccc3c3ccc(Oc4cc(C5=CN(c6c(C)cc(C)cc6C)C6C=CC=CN56)cc(C(C)(C)C)c4)cc32)c(C)c1. The quantitative estimate of drug-likeness (QED) is 0.185. The van der Waals surface area contributed by atoms with Crippen LogP contribution in [0.1, 0.15) is 59.7 Å². The first-order valence-electron chi connectivity index (χ1n) is 17.5. The minimum absolute atomic E-state index is 0.0564. The van der Waals surface area contributed by atoms with E-state index in [9.17, 15) is 0 Å². The van der Waals surface area contributed by atoms with E-state index in [1.54, 1.807) is 0 Å². The molecule has 250 valence electrons. The summed E-state index contributed by atoms with van der Waals surface area (Å²) in [5.74, 6) is 2.54. The molecule has 2 aliphatic rings. The number of para-hydroxylation sites is 1. The molecule has 0 fully saturated rings. The first-order chi connectivity index (χ1) is 24.0. The van der Waals surface area contributed by atoms with Crippen LogP contribution in [0.25, 0.3) is 33.3 Å². The lowest BCUT2D eigenvalue weighted by atomic mass is 9.85. The smallest absolute Gasteiger partial charge is 0.140 e. The average molecular weight is 657 g/mol. The minimum atomic E-state index is -0.0842. The van der Waals surface area contributed by atoms with E-state index in [1.165, 1.54) is 38.7 Å². The largest absolute Gasteiger partial charge is 0.457 e. The van der Waals surface area contributed by atoms with E-state index in [1.807, 2.05) is 6.20 Å². The van der Waals surface area contributed by atoms with Gasteiger partial charge in [0, 0.05) is 46.7 Å². The third kappa shape index (κ3) is 5.38. The van der Waals surface area contributed by atoms with Gasteiger partial charge in [-0.25, -0.2) is 4.98 Å². The van der Waals surface area contributed by atoms with Gasteiger partial charge in [-0.05, 0) is 116 Å². The molecular formula is C45H44N4O. The number of anilines is 1. The van der Waals surface area contributed by atoms with Crippen LogP contribution in [-0.4, -0.2) is 20.6 Å². The molecule has 50 heavy (non-hydrogen) atoms. The monoisotopic (exact) mass is 656 g/mol. The second kappa shape index (κ2) is 11.8. The lowest BCUT2D eigenvalue weighted by molar-refractivity contribution is 0.468. The predicted molar refractivity (Wildman–Crippen MR) is 208 cm³/mol. The van der Waals surface area contributed by atoms with E-state index < -0.39 is 0 Å². The van der Waals surface area contributed by atoms with Crippen LogP contribution in [0.5, 0.6) is 11.5 Å². The van der Waals surface area contributed by atoms with Gasteiger partial charge in [0.05, 0.1) is 16.7 Å². The summed E-state index contributed by atoms with van der Waals surface area (Å²) in [6.45, 7) is 17.6. The molecule has 2 aromatic heterocycles. The highest BCUT2D eigenvalue weighted by molar-refractivity contribution is 6.09. The number of aromatic nitrogens is 2. The highest BCUT2D eigenvalue weighted by Gasteiger charge is 2.34. The summed E-state index contributed by atoms with van der Waals surface area (Å²) in [5.41, 5.74) is 13.0. The standard InChI is InChI=1S/C45H44N4O/c1-28-19-30(3)43(31(4)20-28)48-27-41(47-18-12-11-15-42(47)48)33-22-34(45(6,7)8)24-36(23-33)50-35-16-17-38-37-13-9-10-14-39(37)49(40(38)25-35)44-32(5)21-29(2)26-46-44/h9-27,42H,1-8H3. The Bertz CT molecular complexity index is 2400. The topological polar surface area (TPSA) is 33.5 Å². The molecule has 1 atom stereocenters. The highest BCUT2D eigenvalue weighted by atomic mass is 16.5.